The van der Waals surface area contributed by atoms with Crippen LogP contribution < -0.4 is 15.8 Å². The molecule has 19 heavy (non-hydrogen) atoms. The van der Waals surface area contributed by atoms with Crippen molar-refractivity contribution in [2.24, 2.45) is 5.14 Å². The third-order valence-corrected chi connectivity index (χ3v) is 3.90. The molecule has 0 aliphatic heterocycles. The van der Waals surface area contributed by atoms with Crippen LogP contribution in [0.4, 0.5) is 10.5 Å². The smallest absolute Gasteiger partial charge is 0.319 e. The molecule has 0 aromatic heterocycles. The average molecular weight is 350 g/mol. The first-order valence-corrected chi connectivity index (χ1v) is 8.05. The van der Waals surface area contributed by atoms with E-state index in [1.165, 1.54) is 18.2 Å². The fraction of sp³-hybridized carbons (Fsp3) is 0.364. The maximum atomic E-state index is 11.5. The summed E-state index contributed by atoms with van der Waals surface area (Å²) in [6.45, 7) is 2.62. The van der Waals surface area contributed by atoms with Crippen LogP contribution in [0.2, 0.25) is 0 Å². The van der Waals surface area contributed by atoms with Crippen molar-refractivity contribution in [3.8, 4) is 0 Å². The molecule has 4 N–H and O–H groups in total. The monoisotopic (exact) mass is 349 g/mol. The van der Waals surface area contributed by atoms with E-state index in [1.54, 1.807) is 0 Å². The lowest BCUT2D eigenvalue weighted by Crippen LogP contribution is -2.29. The van der Waals surface area contributed by atoms with Gasteiger partial charge in [0.15, 0.2) is 0 Å². The number of nitrogens with one attached hydrogen (secondary N) is 2. The van der Waals surface area contributed by atoms with Gasteiger partial charge in [-0.15, -0.1) is 0 Å². The van der Waals surface area contributed by atoms with Crippen LogP contribution in [0.5, 0.6) is 0 Å². The molecule has 0 saturated heterocycles. The van der Waals surface area contributed by atoms with E-state index in [2.05, 4.69) is 26.6 Å². The molecule has 2 amide bonds. The van der Waals surface area contributed by atoms with Gasteiger partial charge in [-0.1, -0.05) is 13.3 Å². The van der Waals surface area contributed by atoms with Crippen molar-refractivity contribution in [3.05, 3.63) is 22.7 Å². The Morgan fingerprint density at radius 1 is 1.42 bits per heavy atom. The number of amides is 2. The number of hydrogen-bond donors (Lipinski definition) is 3. The van der Waals surface area contributed by atoms with E-state index in [4.69, 9.17) is 5.14 Å². The van der Waals surface area contributed by atoms with Gasteiger partial charge in [0.25, 0.3) is 0 Å². The Morgan fingerprint density at radius 2 is 2.11 bits per heavy atom. The Hall–Kier alpha value is -1.12. The molecule has 0 heterocycles. The van der Waals surface area contributed by atoms with Gasteiger partial charge in [-0.25, -0.2) is 18.4 Å². The first-order valence-electron chi connectivity index (χ1n) is 5.71. The number of carbonyl (C=O) groups is 1. The highest BCUT2D eigenvalue weighted by atomic mass is 79.9. The Balaban J connectivity index is 2.73. The van der Waals surface area contributed by atoms with E-state index in [0.29, 0.717) is 16.7 Å². The molecule has 0 fully saturated rings. The molecular weight excluding hydrogens is 334 g/mol. The molecule has 1 rings (SSSR count). The van der Waals surface area contributed by atoms with Gasteiger partial charge in [0, 0.05) is 11.0 Å². The summed E-state index contributed by atoms with van der Waals surface area (Å²) in [5, 5.41) is 10.3. The summed E-state index contributed by atoms with van der Waals surface area (Å²) in [7, 11) is -3.75. The highest BCUT2D eigenvalue weighted by Crippen LogP contribution is 2.25. The predicted molar refractivity (Wildman–Crippen MR) is 77.4 cm³/mol. The Kier molecular flexibility index (Phi) is 5.77. The second-order valence-corrected chi connectivity index (χ2v) is 6.34. The average Bonchev–Trinajstić information content (AvgIpc) is 2.31. The third kappa shape index (κ3) is 5.17. The first kappa shape index (κ1) is 15.9. The van der Waals surface area contributed by atoms with Crippen molar-refractivity contribution in [3.63, 3.8) is 0 Å². The lowest BCUT2D eigenvalue weighted by Gasteiger charge is -2.09. The van der Waals surface area contributed by atoms with E-state index < -0.39 is 10.0 Å². The number of urea groups is 1. The van der Waals surface area contributed by atoms with Crippen LogP contribution in [-0.4, -0.2) is 21.0 Å². The molecule has 6 nitrogen and oxygen atoms in total. The van der Waals surface area contributed by atoms with Crippen LogP contribution in [0.1, 0.15) is 19.8 Å². The molecule has 0 saturated carbocycles. The van der Waals surface area contributed by atoms with Crippen LogP contribution >= 0.6 is 15.9 Å². The molecule has 0 unspecified atom stereocenters. The van der Waals surface area contributed by atoms with Gasteiger partial charge in [-0.3, -0.25) is 0 Å². The van der Waals surface area contributed by atoms with E-state index in [9.17, 15) is 13.2 Å². The fourth-order valence-corrected chi connectivity index (χ4v) is 2.49. The molecule has 1 aromatic carbocycles. The zero-order valence-corrected chi connectivity index (χ0v) is 12.8. The van der Waals surface area contributed by atoms with Crippen molar-refractivity contribution >= 4 is 37.7 Å². The molecule has 8 heteroatoms. The number of benzene rings is 1. The van der Waals surface area contributed by atoms with Gasteiger partial charge in [0.2, 0.25) is 10.0 Å². The number of sulfonamides is 1. The van der Waals surface area contributed by atoms with E-state index in [0.717, 1.165) is 12.8 Å². The lowest BCUT2D eigenvalue weighted by atomic mass is 10.3. The highest BCUT2D eigenvalue weighted by Gasteiger charge is 2.11. The van der Waals surface area contributed by atoms with Crippen LogP contribution in [-0.2, 0) is 10.0 Å². The summed E-state index contributed by atoms with van der Waals surface area (Å²) in [6.07, 6.45) is 1.89. The zero-order chi connectivity index (χ0) is 14.5. The third-order valence-electron chi connectivity index (χ3n) is 2.33. The van der Waals surface area contributed by atoms with Crippen molar-refractivity contribution in [1.82, 2.24) is 5.32 Å². The molecule has 0 atom stereocenters. The number of nitrogens with two attached hydrogens (primary N) is 1. The number of unbranched alkanes of at least 4 members (excludes halogenated alkanes) is 1. The number of rotatable bonds is 5. The standard InChI is InChI=1S/C11H16BrN3O3S/c1-2-3-6-14-11(16)15-10-5-4-8(7-9(10)12)19(13,17)18/h4-5,7H,2-3,6H2,1H3,(H2,13,17,18)(H2,14,15,16). The zero-order valence-electron chi connectivity index (χ0n) is 10.4. The van der Waals surface area contributed by atoms with E-state index in [-0.39, 0.29) is 10.9 Å². The van der Waals surface area contributed by atoms with Gasteiger partial charge in [0.05, 0.1) is 10.6 Å². The molecule has 1 aromatic rings. The maximum absolute atomic E-state index is 11.5. The number of primary sulfonamides is 1. The number of hydrogen-bond acceptors (Lipinski definition) is 3. The molecule has 0 radical (unpaired) electrons. The topological polar surface area (TPSA) is 101 Å². The van der Waals surface area contributed by atoms with Crippen molar-refractivity contribution in [2.75, 3.05) is 11.9 Å². The minimum atomic E-state index is -3.75. The second kappa shape index (κ2) is 6.88. The molecule has 0 bridgehead atoms. The highest BCUT2D eigenvalue weighted by molar-refractivity contribution is 9.10. The van der Waals surface area contributed by atoms with Gasteiger partial charge in [-0.05, 0) is 40.5 Å². The Labute approximate surface area is 120 Å². The summed E-state index contributed by atoms with van der Waals surface area (Å²) in [5.41, 5.74) is 0.474. The van der Waals surface area contributed by atoms with Crippen LogP contribution in [0.3, 0.4) is 0 Å². The van der Waals surface area contributed by atoms with Gasteiger partial charge < -0.3 is 10.6 Å². The van der Waals surface area contributed by atoms with Crippen molar-refractivity contribution in [1.29, 1.82) is 0 Å². The van der Waals surface area contributed by atoms with Crippen LogP contribution in [0.15, 0.2) is 27.6 Å². The second-order valence-electron chi connectivity index (χ2n) is 3.92. The Bertz CT molecular complexity index is 560. The summed E-state index contributed by atoms with van der Waals surface area (Å²) in [5.74, 6) is 0. The summed E-state index contributed by atoms with van der Waals surface area (Å²) in [6, 6.07) is 3.82. The number of halogens is 1. The fourth-order valence-electron chi connectivity index (χ4n) is 1.32. The molecule has 0 aliphatic carbocycles. The largest absolute Gasteiger partial charge is 0.338 e. The van der Waals surface area contributed by atoms with Gasteiger partial charge in [0.1, 0.15) is 0 Å². The van der Waals surface area contributed by atoms with E-state index in [1.807, 2.05) is 6.92 Å². The first-order chi connectivity index (χ1) is 8.84. The molecule has 106 valence electrons. The quantitative estimate of drug-likeness (QED) is 0.708. The van der Waals surface area contributed by atoms with Crippen molar-refractivity contribution in [2.45, 2.75) is 24.7 Å². The molecule has 0 aliphatic rings. The Morgan fingerprint density at radius 3 is 2.63 bits per heavy atom. The minimum absolute atomic E-state index is 0.0173. The SMILES string of the molecule is CCCCNC(=O)Nc1ccc(S(N)(=O)=O)cc1Br. The van der Waals surface area contributed by atoms with Crippen LogP contribution in [0.25, 0.3) is 0 Å². The normalized spacial score (nSPS) is 11.1. The number of anilines is 1. The van der Waals surface area contributed by atoms with Crippen LogP contribution in [0, 0.1) is 0 Å². The van der Waals surface area contributed by atoms with Gasteiger partial charge >= 0.3 is 6.03 Å². The maximum Gasteiger partial charge on any atom is 0.319 e. The van der Waals surface area contributed by atoms with E-state index >= 15 is 0 Å². The van der Waals surface area contributed by atoms with Crippen molar-refractivity contribution < 1.29 is 13.2 Å². The molecule has 0 spiro atoms. The van der Waals surface area contributed by atoms with Gasteiger partial charge in [-0.2, -0.15) is 0 Å². The molecular formula is C11H16BrN3O3S. The summed E-state index contributed by atoms with van der Waals surface area (Å²) < 4.78 is 22.7. The number of carbonyl (C=O) groups excluding carboxylic acids is 1. The lowest BCUT2D eigenvalue weighted by molar-refractivity contribution is 0.252. The summed E-state index contributed by atoms with van der Waals surface area (Å²) >= 11 is 3.19. The minimum Gasteiger partial charge on any atom is -0.338 e. The predicted octanol–water partition coefficient (Wildman–Crippen LogP) is 2.02. The summed E-state index contributed by atoms with van der Waals surface area (Å²) in [4.78, 5) is 11.5.